The van der Waals surface area contributed by atoms with E-state index in [1.54, 1.807) is 6.92 Å². The lowest BCUT2D eigenvalue weighted by Crippen LogP contribution is -2.09. The zero-order valence-corrected chi connectivity index (χ0v) is 5.52. The highest BCUT2D eigenvalue weighted by Crippen LogP contribution is 2.07. The topological polar surface area (TPSA) is 26.3 Å². The number of Topliss-reactive ketones (excluding diaryl/α,β-unsaturated/α-hetero) is 1. The molecule has 2 nitrogen and oxygen atoms in total. The molecule has 0 aromatic carbocycles. The second-order valence-corrected chi connectivity index (χ2v) is 2.11. The predicted molar refractivity (Wildman–Crippen MR) is 34.2 cm³/mol. The summed E-state index contributed by atoms with van der Waals surface area (Å²) in [6, 6.07) is 0. The normalized spacial score (nSPS) is 19.0. The van der Waals surface area contributed by atoms with Crippen molar-refractivity contribution in [2.24, 2.45) is 0 Å². The van der Waals surface area contributed by atoms with E-state index in [4.69, 9.17) is 4.74 Å². The summed E-state index contributed by atoms with van der Waals surface area (Å²) in [5, 5.41) is 0. The molecule has 0 bridgehead atoms. The van der Waals surface area contributed by atoms with Gasteiger partial charge in [-0.25, -0.2) is 0 Å². The Hall–Kier alpha value is -0.630. The van der Waals surface area contributed by atoms with Gasteiger partial charge in [0.15, 0.2) is 5.78 Å². The minimum atomic E-state index is 0.179. The van der Waals surface area contributed by atoms with Gasteiger partial charge < -0.3 is 4.74 Å². The Morgan fingerprint density at radius 3 is 2.89 bits per heavy atom. The third-order valence-electron chi connectivity index (χ3n) is 1.42. The second-order valence-electron chi connectivity index (χ2n) is 2.11. The van der Waals surface area contributed by atoms with Crippen LogP contribution in [0.1, 0.15) is 13.3 Å². The van der Waals surface area contributed by atoms with Gasteiger partial charge in [0.2, 0.25) is 0 Å². The maximum absolute atomic E-state index is 10.7. The summed E-state index contributed by atoms with van der Waals surface area (Å²) in [6.45, 7) is 2.90. The maximum atomic E-state index is 10.7. The van der Waals surface area contributed by atoms with Crippen LogP contribution in [-0.4, -0.2) is 19.0 Å². The van der Waals surface area contributed by atoms with Crippen molar-refractivity contribution in [3.63, 3.8) is 0 Å². The van der Waals surface area contributed by atoms with Gasteiger partial charge in [0.1, 0.15) is 0 Å². The van der Waals surface area contributed by atoms with Crippen LogP contribution in [0.15, 0.2) is 11.6 Å². The average molecular weight is 126 g/mol. The summed E-state index contributed by atoms with van der Waals surface area (Å²) in [4.78, 5) is 10.7. The first-order valence-corrected chi connectivity index (χ1v) is 3.08. The first kappa shape index (κ1) is 6.49. The molecule has 0 fully saturated rings. The molecule has 50 valence electrons. The molecule has 1 rings (SSSR count). The first-order valence-electron chi connectivity index (χ1n) is 3.08. The summed E-state index contributed by atoms with van der Waals surface area (Å²) in [5.74, 6) is 0.179. The fraction of sp³-hybridized carbons (Fsp3) is 0.571. The average Bonchev–Trinajstić information content (AvgIpc) is 1.90. The van der Waals surface area contributed by atoms with Crippen LogP contribution in [0.4, 0.5) is 0 Å². The molecule has 1 aliphatic rings. The zero-order valence-electron chi connectivity index (χ0n) is 5.52. The fourth-order valence-corrected chi connectivity index (χ4v) is 0.847. The minimum Gasteiger partial charge on any atom is -0.377 e. The van der Waals surface area contributed by atoms with E-state index in [0.29, 0.717) is 13.2 Å². The number of ether oxygens (including phenoxy) is 1. The summed E-state index contributed by atoms with van der Waals surface area (Å²) in [7, 11) is 0. The highest BCUT2D eigenvalue weighted by atomic mass is 16.5. The highest BCUT2D eigenvalue weighted by Gasteiger charge is 2.06. The molecular formula is C7H10O2. The van der Waals surface area contributed by atoms with E-state index in [1.807, 2.05) is 6.08 Å². The lowest BCUT2D eigenvalue weighted by atomic mass is 10.1. The van der Waals surface area contributed by atoms with Crippen molar-refractivity contribution in [3.8, 4) is 0 Å². The van der Waals surface area contributed by atoms with Crippen molar-refractivity contribution >= 4 is 5.78 Å². The third kappa shape index (κ3) is 1.64. The molecular weight excluding hydrogens is 116 g/mol. The Morgan fingerprint density at radius 2 is 2.56 bits per heavy atom. The van der Waals surface area contributed by atoms with Crippen LogP contribution in [0.2, 0.25) is 0 Å². The van der Waals surface area contributed by atoms with E-state index in [1.165, 1.54) is 0 Å². The summed E-state index contributed by atoms with van der Waals surface area (Å²) in [6.07, 6.45) is 2.64. The van der Waals surface area contributed by atoms with Gasteiger partial charge in [0.25, 0.3) is 0 Å². The molecule has 0 radical (unpaired) electrons. The molecule has 1 heterocycles. The van der Waals surface area contributed by atoms with E-state index < -0.39 is 0 Å². The summed E-state index contributed by atoms with van der Waals surface area (Å²) in [5.41, 5.74) is 0.918. The number of carbonyl (C=O) groups is 1. The molecule has 0 saturated heterocycles. The number of ketones is 1. The van der Waals surface area contributed by atoms with E-state index in [9.17, 15) is 4.79 Å². The van der Waals surface area contributed by atoms with Crippen molar-refractivity contribution in [1.82, 2.24) is 0 Å². The van der Waals surface area contributed by atoms with E-state index in [2.05, 4.69) is 0 Å². The van der Waals surface area contributed by atoms with Crippen LogP contribution >= 0.6 is 0 Å². The summed E-state index contributed by atoms with van der Waals surface area (Å²) < 4.78 is 5.02. The van der Waals surface area contributed by atoms with Crippen LogP contribution in [0.25, 0.3) is 0 Å². The van der Waals surface area contributed by atoms with Gasteiger partial charge in [-0.1, -0.05) is 6.08 Å². The third-order valence-corrected chi connectivity index (χ3v) is 1.42. The van der Waals surface area contributed by atoms with Gasteiger partial charge in [-0.3, -0.25) is 4.79 Å². The number of rotatable bonds is 1. The lowest BCUT2D eigenvalue weighted by molar-refractivity contribution is -0.114. The molecule has 0 aliphatic carbocycles. The summed E-state index contributed by atoms with van der Waals surface area (Å²) >= 11 is 0. The lowest BCUT2D eigenvalue weighted by Gasteiger charge is -2.09. The standard InChI is InChI=1S/C7H10O2/c1-6(8)7-2-4-9-5-3-7/h2H,3-5H2,1H3. The molecule has 0 spiro atoms. The largest absolute Gasteiger partial charge is 0.377 e. The Morgan fingerprint density at radius 1 is 1.78 bits per heavy atom. The van der Waals surface area contributed by atoms with Gasteiger partial charge in [-0.15, -0.1) is 0 Å². The molecule has 0 unspecified atom stereocenters. The number of carbonyl (C=O) groups excluding carboxylic acids is 1. The van der Waals surface area contributed by atoms with Crippen molar-refractivity contribution < 1.29 is 9.53 Å². The van der Waals surface area contributed by atoms with Crippen molar-refractivity contribution in [2.75, 3.05) is 13.2 Å². The Balaban J connectivity index is 2.57. The van der Waals surface area contributed by atoms with Crippen molar-refractivity contribution in [3.05, 3.63) is 11.6 Å². The van der Waals surface area contributed by atoms with Crippen LogP contribution < -0.4 is 0 Å². The second kappa shape index (κ2) is 2.78. The number of hydrogen-bond acceptors (Lipinski definition) is 2. The van der Waals surface area contributed by atoms with Gasteiger partial charge in [-0.05, 0) is 18.9 Å². The highest BCUT2D eigenvalue weighted by molar-refractivity contribution is 5.93. The Kier molecular flexibility index (Phi) is 2.01. The van der Waals surface area contributed by atoms with Crippen LogP contribution in [0, 0.1) is 0 Å². The number of hydrogen-bond donors (Lipinski definition) is 0. The maximum Gasteiger partial charge on any atom is 0.155 e. The zero-order chi connectivity index (χ0) is 6.69. The van der Waals surface area contributed by atoms with Gasteiger partial charge >= 0.3 is 0 Å². The fourth-order valence-electron chi connectivity index (χ4n) is 0.847. The molecule has 0 amide bonds. The smallest absolute Gasteiger partial charge is 0.155 e. The van der Waals surface area contributed by atoms with Crippen LogP contribution in [0.5, 0.6) is 0 Å². The monoisotopic (exact) mass is 126 g/mol. The van der Waals surface area contributed by atoms with E-state index in [0.717, 1.165) is 12.0 Å². The van der Waals surface area contributed by atoms with Gasteiger partial charge in [0, 0.05) is 0 Å². The van der Waals surface area contributed by atoms with Gasteiger partial charge in [0.05, 0.1) is 13.2 Å². The molecule has 1 aliphatic heterocycles. The molecule has 2 heteroatoms. The van der Waals surface area contributed by atoms with Crippen LogP contribution in [0.3, 0.4) is 0 Å². The molecule has 0 saturated carbocycles. The molecule has 9 heavy (non-hydrogen) atoms. The molecule has 0 aromatic heterocycles. The van der Waals surface area contributed by atoms with Gasteiger partial charge in [-0.2, -0.15) is 0 Å². The Labute approximate surface area is 54.5 Å². The quantitative estimate of drug-likeness (QED) is 0.522. The minimum absolute atomic E-state index is 0.179. The van der Waals surface area contributed by atoms with Crippen molar-refractivity contribution in [1.29, 1.82) is 0 Å². The van der Waals surface area contributed by atoms with E-state index in [-0.39, 0.29) is 5.78 Å². The predicted octanol–water partition coefficient (Wildman–Crippen LogP) is 0.922. The van der Waals surface area contributed by atoms with Crippen molar-refractivity contribution in [2.45, 2.75) is 13.3 Å². The Bertz CT molecular complexity index is 147. The molecule has 0 N–H and O–H groups in total. The van der Waals surface area contributed by atoms with E-state index >= 15 is 0 Å². The SMILES string of the molecule is CC(=O)C1=CCOCC1. The first-order chi connectivity index (χ1) is 4.30. The molecule has 0 atom stereocenters. The molecule has 0 aromatic rings. The van der Waals surface area contributed by atoms with Crippen LogP contribution in [-0.2, 0) is 9.53 Å².